The molecule has 0 aliphatic rings. The molecule has 0 unspecified atom stereocenters. The topological polar surface area (TPSA) is 80.9 Å². The summed E-state index contributed by atoms with van der Waals surface area (Å²) < 4.78 is 0. The lowest BCUT2D eigenvalue weighted by Crippen LogP contribution is -2.37. The highest BCUT2D eigenvalue weighted by atomic mass is 32.2. The van der Waals surface area contributed by atoms with Crippen molar-refractivity contribution in [2.45, 2.75) is 24.2 Å². The van der Waals surface area contributed by atoms with Gasteiger partial charge in [-0.15, -0.1) is 0 Å². The van der Waals surface area contributed by atoms with Gasteiger partial charge in [-0.3, -0.25) is 0 Å². The Hall–Kier alpha value is 1.46. The minimum absolute atomic E-state index is 0.254. The van der Waals surface area contributed by atoms with Crippen LogP contribution in [0.1, 0.15) is 0 Å². The monoisotopic (exact) mass is 448 g/mol. The van der Waals surface area contributed by atoms with Crippen molar-refractivity contribution in [3.8, 4) is 0 Å². The molecule has 0 rings (SSSR count). The first-order valence-electron chi connectivity index (χ1n) is 8.99. The SMILES string of the molecule is OCCSCC[Si](CCSCCO)(CCSCCO)CCSCCO. The molecule has 0 heterocycles. The Bertz CT molecular complexity index is 225. The zero-order chi connectivity index (χ0) is 18.6. The van der Waals surface area contributed by atoms with Gasteiger partial charge in [0.2, 0.25) is 0 Å². The van der Waals surface area contributed by atoms with Gasteiger partial charge in [0.05, 0.1) is 34.5 Å². The molecule has 0 aromatic carbocycles. The highest BCUT2D eigenvalue weighted by Crippen LogP contribution is 2.32. The third kappa shape index (κ3) is 16.1. The number of hydrogen-bond acceptors (Lipinski definition) is 8. The number of thioether (sulfide) groups is 4. The summed E-state index contributed by atoms with van der Waals surface area (Å²) in [7, 11) is -1.41. The first kappa shape index (κ1) is 26.5. The van der Waals surface area contributed by atoms with E-state index in [0.29, 0.717) is 0 Å². The average molecular weight is 449 g/mol. The molecule has 0 bridgehead atoms. The molecule has 0 saturated heterocycles. The van der Waals surface area contributed by atoms with Gasteiger partial charge in [0.25, 0.3) is 0 Å². The van der Waals surface area contributed by atoms with Crippen LogP contribution >= 0.6 is 47.0 Å². The van der Waals surface area contributed by atoms with Crippen molar-refractivity contribution < 1.29 is 20.4 Å². The Balaban J connectivity index is 4.62. The summed E-state index contributed by atoms with van der Waals surface area (Å²) in [4.78, 5) is 0. The van der Waals surface area contributed by atoms with Crippen LogP contribution in [-0.2, 0) is 0 Å². The van der Waals surface area contributed by atoms with Gasteiger partial charge < -0.3 is 20.4 Å². The minimum Gasteiger partial charge on any atom is -0.396 e. The van der Waals surface area contributed by atoms with E-state index in [0.717, 1.165) is 46.0 Å². The van der Waals surface area contributed by atoms with Crippen molar-refractivity contribution in [3.63, 3.8) is 0 Å². The number of aliphatic hydroxyl groups is 4. The van der Waals surface area contributed by atoms with Gasteiger partial charge in [0.15, 0.2) is 0 Å². The summed E-state index contributed by atoms with van der Waals surface area (Å²) in [6, 6.07) is 5.15. The van der Waals surface area contributed by atoms with Crippen molar-refractivity contribution in [3.05, 3.63) is 0 Å². The molecule has 0 fully saturated rings. The van der Waals surface area contributed by atoms with E-state index >= 15 is 0 Å². The highest BCUT2D eigenvalue weighted by molar-refractivity contribution is 8.00. The predicted molar refractivity (Wildman–Crippen MR) is 123 cm³/mol. The van der Waals surface area contributed by atoms with Crippen LogP contribution in [0.4, 0.5) is 0 Å². The zero-order valence-corrected chi connectivity index (χ0v) is 19.5. The Labute approximate surface area is 171 Å². The molecule has 0 saturated carbocycles. The number of aliphatic hydroxyl groups excluding tert-OH is 4. The third-order valence-corrected chi connectivity index (χ3v) is 14.6. The average Bonchev–Trinajstić information content (AvgIpc) is 2.63. The van der Waals surface area contributed by atoms with Gasteiger partial charge in [-0.2, -0.15) is 47.0 Å². The Morgan fingerprint density at radius 3 is 0.840 bits per heavy atom. The molecule has 0 amide bonds. The molecule has 0 spiro atoms. The van der Waals surface area contributed by atoms with Crippen LogP contribution in [0.3, 0.4) is 0 Å². The van der Waals surface area contributed by atoms with E-state index in [1.54, 1.807) is 0 Å². The van der Waals surface area contributed by atoms with Gasteiger partial charge in [0.1, 0.15) is 0 Å². The van der Waals surface area contributed by atoms with E-state index in [9.17, 15) is 0 Å². The van der Waals surface area contributed by atoms with Gasteiger partial charge >= 0.3 is 0 Å². The Morgan fingerprint density at radius 2 is 0.640 bits per heavy atom. The predicted octanol–water partition coefficient (Wildman–Crippen LogP) is 2.34. The largest absolute Gasteiger partial charge is 0.396 e. The van der Waals surface area contributed by atoms with Crippen LogP contribution < -0.4 is 0 Å². The van der Waals surface area contributed by atoms with Crippen molar-refractivity contribution in [2.75, 3.05) is 72.5 Å². The first-order valence-corrected chi connectivity index (χ1v) is 16.4. The van der Waals surface area contributed by atoms with Crippen molar-refractivity contribution in [1.29, 1.82) is 0 Å². The fraction of sp³-hybridized carbons (Fsp3) is 1.00. The molecular weight excluding hydrogens is 413 g/mol. The molecule has 0 atom stereocenters. The van der Waals surface area contributed by atoms with Gasteiger partial charge in [0, 0.05) is 23.0 Å². The van der Waals surface area contributed by atoms with Crippen LogP contribution in [0.15, 0.2) is 0 Å². The maximum Gasteiger partial charge on any atom is 0.0568 e. The summed E-state index contributed by atoms with van der Waals surface area (Å²) in [6.07, 6.45) is 0. The third-order valence-electron chi connectivity index (χ3n) is 4.05. The second kappa shape index (κ2) is 20.2. The standard InChI is InChI=1S/C16H36O4S4Si/c17-1-5-21-9-13-25(14-10-22-6-2-18,15-11-23-7-3-19)16-12-24-8-4-20/h17-20H,1-16H2. The fourth-order valence-corrected chi connectivity index (χ4v) is 14.6. The van der Waals surface area contributed by atoms with Crippen molar-refractivity contribution in [2.24, 2.45) is 0 Å². The number of hydrogen-bond donors (Lipinski definition) is 4. The van der Waals surface area contributed by atoms with E-state index in [4.69, 9.17) is 20.4 Å². The molecule has 0 aliphatic heterocycles. The maximum atomic E-state index is 9.01. The van der Waals surface area contributed by atoms with E-state index in [-0.39, 0.29) is 26.4 Å². The van der Waals surface area contributed by atoms with Gasteiger partial charge in [-0.05, 0) is 47.2 Å². The van der Waals surface area contributed by atoms with Crippen LogP contribution in [-0.4, -0.2) is 101 Å². The molecule has 0 aromatic rings. The molecule has 0 radical (unpaired) electrons. The molecule has 25 heavy (non-hydrogen) atoms. The lowest BCUT2D eigenvalue weighted by Gasteiger charge is -2.32. The van der Waals surface area contributed by atoms with Crippen LogP contribution in [0, 0.1) is 0 Å². The van der Waals surface area contributed by atoms with E-state index in [2.05, 4.69) is 0 Å². The van der Waals surface area contributed by atoms with Crippen molar-refractivity contribution in [1.82, 2.24) is 0 Å². The molecule has 0 aliphatic carbocycles. The molecule has 4 nitrogen and oxygen atoms in total. The van der Waals surface area contributed by atoms with E-state index in [1.807, 2.05) is 47.0 Å². The smallest absolute Gasteiger partial charge is 0.0568 e. The van der Waals surface area contributed by atoms with Crippen LogP contribution in [0.25, 0.3) is 0 Å². The quantitative estimate of drug-likeness (QED) is 0.167. The summed E-state index contributed by atoms with van der Waals surface area (Å²) >= 11 is 7.42. The Kier molecular flexibility index (Phi) is 21.4. The molecular formula is C16H36O4S4Si. The summed E-state index contributed by atoms with van der Waals surface area (Å²) in [5, 5.41) is 36.0. The van der Waals surface area contributed by atoms with E-state index in [1.165, 1.54) is 24.2 Å². The maximum absolute atomic E-state index is 9.01. The van der Waals surface area contributed by atoms with E-state index < -0.39 is 8.07 Å². The fourth-order valence-electron chi connectivity index (χ4n) is 2.57. The summed E-state index contributed by atoms with van der Waals surface area (Å²) in [5.41, 5.74) is 0. The van der Waals surface area contributed by atoms with Crippen LogP contribution in [0.5, 0.6) is 0 Å². The molecule has 4 N–H and O–H groups in total. The molecule has 0 aromatic heterocycles. The van der Waals surface area contributed by atoms with Gasteiger partial charge in [-0.1, -0.05) is 0 Å². The molecule has 152 valence electrons. The minimum atomic E-state index is -1.41. The zero-order valence-electron chi connectivity index (χ0n) is 15.2. The lowest BCUT2D eigenvalue weighted by molar-refractivity contribution is 0.322. The second-order valence-electron chi connectivity index (χ2n) is 5.84. The lowest BCUT2D eigenvalue weighted by atomic mass is 10.9. The summed E-state index contributed by atoms with van der Waals surface area (Å²) in [5.74, 6) is 7.81. The normalized spacial score (nSPS) is 12.0. The highest BCUT2D eigenvalue weighted by Gasteiger charge is 2.31. The van der Waals surface area contributed by atoms with Gasteiger partial charge in [-0.25, -0.2) is 0 Å². The molecule has 9 heteroatoms. The van der Waals surface area contributed by atoms with Crippen LogP contribution in [0.2, 0.25) is 24.2 Å². The Morgan fingerprint density at radius 1 is 0.400 bits per heavy atom. The first-order chi connectivity index (χ1) is 12.2. The second-order valence-corrected chi connectivity index (χ2v) is 15.7. The number of rotatable bonds is 20. The summed E-state index contributed by atoms with van der Waals surface area (Å²) in [6.45, 7) is 1.02. The van der Waals surface area contributed by atoms with Crippen molar-refractivity contribution >= 4 is 55.1 Å².